The van der Waals surface area contributed by atoms with Crippen molar-refractivity contribution in [3.63, 3.8) is 0 Å². The highest BCUT2D eigenvalue weighted by molar-refractivity contribution is 7.10. The van der Waals surface area contributed by atoms with Crippen molar-refractivity contribution in [1.29, 1.82) is 0 Å². The third-order valence-corrected chi connectivity index (χ3v) is 6.40. The molecule has 0 spiro atoms. The number of fused-ring (bicyclic) bond motifs is 1. The summed E-state index contributed by atoms with van der Waals surface area (Å²) in [5.74, 6) is -1.53. The van der Waals surface area contributed by atoms with Gasteiger partial charge in [0.1, 0.15) is 17.6 Å². The second-order valence-electron chi connectivity index (χ2n) is 7.43. The first kappa shape index (κ1) is 21.0. The molecule has 3 amide bonds. The Hall–Kier alpha value is -3.27. The Kier molecular flexibility index (Phi) is 5.99. The van der Waals surface area contributed by atoms with Crippen molar-refractivity contribution < 1.29 is 18.8 Å². The SMILES string of the molecule is NC(=O)C1CC(C(=O)NCCC(=O)N2CCc3sccc3C2)=NN1c1ccc(F)cc1. The van der Waals surface area contributed by atoms with Crippen LogP contribution in [0.25, 0.3) is 0 Å². The van der Waals surface area contributed by atoms with Crippen molar-refractivity contribution in [2.24, 2.45) is 10.8 Å². The fraction of sp³-hybridized carbons (Fsp3) is 0.333. The lowest BCUT2D eigenvalue weighted by Crippen LogP contribution is -2.40. The number of nitrogens with two attached hydrogens (primary N) is 1. The molecule has 0 radical (unpaired) electrons. The van der Waals surface area contributed by atoms with E-state index in [9.17, 15) is 18.8 Å². The summed E-state index contributed by atoms with van der Waals surface area (Å²) in [5.41, 5.74) is 7.24. The standard InChI is InChI=1S/C21H22FN5O3S/c22-14-1-3-15(4-2-14)27-17(20(23)29)11-16(25-27)21(30)24-8-5-19(28)26-9-6-18-13(12-26)7-10-31-18/h1-4,7,10,17H,5-6,8-9,11-12H2,(H2,23,29)(H,24,30). The van der Waals surface area contributed by atoms with Crippen LogP contribution in [0.4, 0.5) is 10.1 Å². The van der Waals surface area contributed by atoms with Crippen molar-refractivity contribution in [1.82, 2.24) is 10.2 Å². The number of carbonyl (C=O) groups is 3. The van der Waals surface area contributed by atoms with Gasteiger partial charge in [-0.1, -0.05) is 0 Å². The number of nitrogens with one attached hydrogen (secondary N) is 1. The first-order valence-corrected chi connectivity index (χ1v) is 10.8. The van der Waals surface area contributed by atoms with Gasteiger partial charge in [0.2, 0.25) is 11.8 Å². The summed E-state index contributed by atoms with van der Waals surface area (Å²) in [5, 5.41) is 10.3. The number of carbonyl (C=O) groups excluding carboxylic acids is 3. The quantitative estimate of drug-likeness (QED) is 0.704. The maximum absolute atomic E-state index is 13.2. The van der Waals surface area contributed by atoms with E-state index < -0.39 is 23.7 Å². The molecule has 0 aliphatic carbocycles. The molecule has 31 heavy (non-hydrogen) atoms. The van der Waals surface area contributed by atoms with Crippen molar-refractivity contribution in [3.8, 4) is 0 Å². The predicted octanol–water partition coefficient (Wildman–Crippen LogP) is 1.40. The van der Waals surface area contributed by atoms with Gasteiger partial charge >= 0.3 is 0 Å². The zero-order valence-electron chi connectivity index (χ0n) is 16.7. The molecule has 4 rings (SSSR count). The minimum atomic E-state index is -0.832. The highest BCUT2D eigenvalue weighted by Gasteiger charge is 2.35. The molecule has 3 N–H and O–H groups in total. The topological polar surface area (TPSA) is 108 Å². The molecular weight excluding hydrogens is 421 g/mol. The molecule has 8 nitrogen and oxygen atoms in total. The number of hydrogen-bond acceptors (Lipinski definition) is 6. The number of rotatable bonds is 6. The Morgan fingerprint density at radius 1 is 1.23 bits per heavy atom. The molecule has 10 heteroatoms. The van der Waals surface area contributed by atoms with Crippen LogP contribution in [0.2, 0.25) is 0 Å². The summed E-state index contributed by atoms with van der Waals surface area (Å²) in [6, 6.07) is 6.62. The number of anilines is 1. The van der Waals surface area contributed by atoms with Gasteiger partial charge in [-0.05, 0) is 47.7 Å². The van der Waals surface area contributed by atoms with E-state index >= 15 is 0 Å². The molecule has 1 atom stereocenters. The van der Waals surface area contributed by atoms with E-state index in [0.717, 1.165) is 6.42 Å². The lowest BCUT2D eigenvalue weighted by molar-refractivity contribution is -0.132. The van der Waals surface area contributed by atoms with Gasteiger partial charge in [-0.15, -0.1) is 11.3 Å². The van der Waals surface area contributed by atoms with E-state index in [0.29, 0.717) is 18.8 Å². The number of hydrazone groups is 1. The van der Waals surface area contributed by atoms with E-state index in [-0.39, 0.29) is 31.0 Å². The molecule has 3 heterocycles. The van der Waals surface area contributed by atoms with Crippen molar-refractivity contribution >= 4 is 40.5 Å². The summed E-state index contributed by atoms with van der Waals surface area (Å²) in [6.07, 6.45) is 1.08. The molecular formula is C21H22FN5O3S. The average molecular weight is 444 g/mol. The van der Waals surface area contributed by atoms with Gasteiger partial charge in [0, 0.05) is 37.4 Å². The third-order valence-electron chi connectivity index (χ3n) is 5.38. The molecule has 1 aromatic heterocycles. The van der Waals surface area contributed by atoms with Crippen LogP contribution in [-0.4, -0.2) is 47.5 Å². The van der Waals surface area contributed by atoms with Crippen LogP contribution in [0.5, 0.6) is 0 Å². The van der Waals surface area contributed by atoms with Crippen LogP contribution >= 0.6 is 11.3 Å². The fourth-order valence-corrected chi connectivity index (χ4v) is 4.60. The molecule has 2 aliphatic rings. The van der Waals surface area contributed by atoms with Crippen LogP contribution in [0.3, 0.4) is 0 Å². The molecule has 2 aliphatic heterocycles. The maximum Gasteiger partial charge on any atom is 0.267 e. The Balaban J connectivity index is 1.33. The molecule has 0 fully saturated rings. The molecule has 0 saturated carbocycles. The highest BCUT2D eigenvalue weighted by atomic mass is 32.1. The predicted molar refractivity (Wildman–Crippen MR) is 115 cm³/mol. The van der Waals surface area contributed by atoms with Gasteiger partial charge in [0.25, 0.3) is 5.91 Å². The number of primary amides is 1. The second kappa shape index (κ2) is 8.84. The van der Waals surface area contributed by atoms with E-state index in [1.165, 1.54) is 39.7 Å². The summed E-state index contributed by atoms with van der Waals surface area (Å²) >= 11 is 1.71. The second-order valence-corrected chi connectivity index (χ2v) is 8.43. The van der Waals surface area contributed by atoms with Gasteiger partial charge in [-0.3, -0.25) is 19.4 Å². The number of benzene rings is 1. The first-order chi connectivity index (χ1) is 14.9. The normalized spacial score (nSPS) is 17.8. The summed E-state index contributed by atoms with van der Waals surface area (Å²) in [7, 11) is 0. The van der Waals surface area contributed by atoms with Gasteiger partial charge in [0.15, 0.2) is 0 Å². The van der Waals surface area contributed by atoms with Gasteiger partial charge in [0.05, 0.1) is 5.69 Å². The number of nitrogens with zero attached hydrogens (tertiary/aromatic N) is 3. The Morgan fingerprint density at radius 2 is 2.00 bits per heavy atom. The Morgan fingerprint density at radius 3 is 2.74 bits per heavy atom. The monoisotopic (exact) mass is 443 g/mol. The average Bonchev–Trinajstić information content (AvgIpc) is 3.41. The Labute approximate surface area is 182 Å². The smallest absolute Gasteiger partial charge is 0.267 e. The number of amides is 3. The lowest BCUT2D eigenvalue weighted by Gasteiger charge is -2.27. The molecule has 1 unspecified atom stereocenters. The molecule has 0 saturated heterocycles. The van der Waals surface area contributed by atoms with Gasteiger partial charge in [-0.25, -0.2) is 4.39 Å². The number of hydrogen-bond donors (Lipinski definition) is 2. The van der Waals surface area contributed by atoms with Crippen molar-refractivity contribution in [2.75, 3.05) is 18.1 Å². The Bertz CT molecular complexity index is 1040. The summed E-state index contributed by atoms with van der Waals surface area (Å²) in [4.78, 5) is 40.0. The molecule has 1 aromatic carbocycles. The van der Waals surface area contributed by atoms with Crippen LogP contribution in [0.1, 0.15) is 23.3 Å². The molecule has 162 valence electrons. The minimum Gasteiger partial charge on any atom is -0.368 e. The minimum absolute atomic E-state index is 0.0199. The van der Waals surface area contributed by atoms with E-state index in [2.05, 4.69) is 10.4 Å². The summed E-state index contributed by atoms with van der Waals surface area (Å²) in [6.45, 7) is 1.45. The zero-order chi connectivity index (χ0) is 22.0. The first-order valence-electron chi connectivity index (χ1n) is 9.95. The number of halogens is 1. The van der Waals surface area contributed by atoms with Gasteiger partial charge in [-0.2, -0.15) is 5.10 Å². The van der Waals surface area contributed by atoms with Crippen LogP contribution in [0, 0.1) is 5.82 Å². The van der Waals surface area contributed by atoms with Crippen LogP contribution in [-0.2, 0) is 27.3 Å². The molecule has 0 bridgehead atoms. The fourth-order valence-electron chi connectivity index (χ4n) is 3.71. The summed E-state index contributed by atoms with van der Waals surface area (Å²) < 4.78 is 13.2. The van der Waals surface area contributed by atoms with Gasteiger partial charge < -0.3 is 16.0 Å². The van der Waals surface area contributed by atoms with E-state index in [1.54, 1.807) is 16.2 Å². The number of thiophene rings is 1. The van der Waals surface area contributed by atoms with Crippen LogP contribution in [0.15, 0.2) is 40.8 Å². The molecule has 2 aromatic rings. The lowest BCUT2D eigenvalue weighted by atomic mass is 10.1. The van der Waals surface area contributed by atoms with E-state index in [1.807, 2.05) is 11.4 Å². The van der Waals surface area contributed by atoms with Crippen LogP contribution < -0.4 is 16.1 Å². The van der Waals surface area contributed by atoms with Crippen molar-refractivity contribution in [3.05, 3.63) is 52.0 Å². The van der Waals surface area contributed by atoms with E-state index in [4.69, 9.17) is 5.73 Å². The highest BCUT2D eigenvalue weighted by Crippen LogP contribution is 2.25. The van der Waals surface area contributed by atoms with Crippen molar-refractivity contribution in [2.45, 2.75) is 31.8 Å². The third kappa shape index (κ3) is 4.58. The largest absolute Gasteiger partial charge is 0.368 e. The zero-order valence-corrected chi connectivity index (χ0v) is 17.5. The maximum atomic E-state index is 13.2.